The third-order valence-corrected chi connectivity index (χ3v) is 5.06. The molecule has 1 fully saturated rings. The van der Waals surface area contributed by atoms with Crippen LogP contribution in [-0.2, 0) is 17.9 Å². The molecule has 160 valence electrons. The van der Waals surface area contributed by atoms with Crippen molar-refractivity contribution < 1.29 is 23.5 Å². The number of benzene rings is 2. The molecule has 1 saturated heterocycles. The Morgan fingerprint density at radius 3 is 2.33 bits per heavy atom. The van der Waals surface area contributed by atoms with E-state index in [1.165, 1.54) is 0 Å². The molecule has 0 saturated carbocycles. The molecule has 8 heteroatoms. The lowest BCUT2D eigenvalue weighted by Gasteiger charge is -2.29. The fourth-order valence-electron chi connectivity index (χ4n) is 3.29. The number of halogens is 2. The van der Waals surface area contributed by atoms with Crippen LogP contribution < -0.4 is 10.6 Å². The van der Waals surface area contributed by atoms with Gasteiger partial charge in [-0.05, 0) is 36.1 Å². The minimum absolute atomic E-state index is 0.188. The molecule has 0 atom stereocenters. The maximum Gasteiger partial charge on any atom is 0.254 e. The molecule has 0 unspecified atom stereocenters. The van der Waals surface area contributed by atoms with E-state index in [1.807, 2.05) is 24.3 Å². The lowest BCUT2D eigenvalue weighted by Crippen LogP contribution is -2.37. The Kier molecular flexibility index (Phi) is 7.48. The Morgan fingerprint density at radius 1 is 1.00 bits per heavy atom. The summed E-state index contributed by atoms with van der Waals surface area (Å²) in [5, 5.41) is 14.6. The van der Waals surface area contributed by atoms with Gasteiger partial charge in [0, 0.05) is 32.2 Å². The summed E-state index contributed by atoms with van der Waals surface area (Å²) >= 11 is 0. The Balaban J connectivity index is 1.40. The van der Waals surface area contributed by atoms with Crippen molar-refractivity contribution in [3.05, 3.63) is 70.8 Å². The smallest absolute Gasteiger partial charge is 0.254 e. The Bertz CT molecular complexity index is 882. The maximum absolute atomic E-state index is 13.6. The van der Waals surface area contributed by atoms with Gasteiger partial charge in [-0.25, -0.2) is 8.78 Å². The van der Waals surface area contributed by atoms with Gasteiger partial charge in [-0.3, -0.25) is 14.5 Å². The van der Waals surface area contributed by atoms with Gasteiger partial charge in [-0.2, -0.15) is 0 Å². The number of aliphatic hydroxyl groups excluding tert-OH is 1. The van der Waals surface area contributed by atoms with E-state index in [1.54, 1.807) is 0 Å². The lowest BCUT2D eigenvalue weighted by atomic mass is 10.1. The summed E-state index contributed by atoms with van der Waals surface area (Å²) in [6.07, 6.45) is 1.41. The number of aliphatic hydroxyl groups is 1. The molecule has 3 N–H and O–H groups in total. The number of rotatable bonds is 7. The molecule has 2 aromatic carbocycles. The SMILES string of the molecule is O=C(CNC(=O)c1ccc(F)cc1F)NCc1ccc(CN2CCC(O)CC2)cc1. The molecule has 1 aliphatic rings. The molecule has 0 radical (unpaired) electrons. The number of carbonyl (C=O) groups is 2. The number of nitrogens with zero attached hydrogens (tertiary/aromatic N) is 1. The maximum atomic E-state index is 13.6. The van der Waals surface area contributed by atoms with Crippen LogP contribution in [0.3, 0.4) is 0 Å². The van der Waals surface area contributed by atoms with Gasteiger partial charge in [-0.1, -0.05) is 24.3 Å². The molecule has 30 heavy (non-hydrogen) atoms. The molecular weight excluding hydrogens is 392 g/mol. The lowest BCUT2D eigenvalue weighted by molar-refractivity contribution is -0.120. The van der Waals surface area contributed by atoms with Crippen LogP contribution in [0.2, 0.25) is 0 Å². The third-order valence-electron chi connectivity index (χ3n) is 5.06. The second kappa shape index (κ2) is 10.3. The Labute approximate surface area is 173 Å². The van der Waals surface area contributed by atoms with Crippen LogP contribution >= 0.6 is 0 Å². The number of nitrogens with one attached hydrogen (secondary N) is 2. The number of hydrogen-bond donors (Lipinski definition) is 3. The molecule has 1 heterocycles. The highest BCUT2D eigenvalue weighted by atomic mass is 19.1. The number of hydrogen-bond acceptors (Lipinski definition) is 4. The summed E-state index contributed by atoms with van der Waals surface area (Å²) in [6, 6.07) is 10.5. The van der Waals surface area contributed by atoms with Gasteiger partial charge >= 0.3 is 0 Å². The zero-order chi connectivity index (χ0) is 21.5. The van der Waals surface area contributed by atoms with E-state index < -0.39 is 23.4 Å². The predicted octanol–water partition coefficient (Wildman–Crippen LogP) is 1.97. The van der Waals surface area contributed by atoms with Gasteiger partial charge in [0.2, 0.25) is 5.91 Å². The van der Waals surface area contributed by atoms with Crippen molar-refractivity contribution in [3.63, 3.8) is 0 Å². The fraction of sp³-hybridized carbons (Fsp3) is 0.364. The fourth-order valence-corrected chi connectivity index (χ4v) is 3.29. The number of carbonyl (C=O) groups excluding carboxylic acids is 2. The average Bonchev–Trinajstić information content (AvgIpc) is 2.73. The van der Waals surface area contributed by atoms with Crippen molar-refractivity contribution in [2.45, 2.75) is 32.0 Å². The summed E-state index contributed by atoms with van der Waals surface area (Å²) in [6.45, 7) is 2.58. The molecule has 1 aliphatic heterocycles. The highest BCUT2D eigenvalue weighted by Gasteiger charge is 2.17. The van der Waals surface area contributed by atoms with Crippen molar-refractivity contribution in [3.8, 4) is 0 Å². The van der Waals surface area contributed by atoms with Crippen molar-refractivity contribution in [2.75, 3.05) is 19.6 Å². The zero-order valence-corrected chi connectivity index (χ0v) is 16.5. The average molecular weight is 417 g/mol. The summed E-state index contributed by atoms with van der Waals surface area (Å²) in [4.78, 5) is 26.1. The zero-order valence-electron chi connectivity index (χ0n) is 16.5. The topological polar surface area (TPSA) is 81.7 Å². The molecule has 0 spiro atoms. The van der Waals surface area contributed by atoms with E-state index in [2.05, 4.69) is 15.5 Å². The molecule has 2 amide bonds. The number of piperidine rings is 1. The van der Waals surface area contributed by atoms with Crippen molar-refractivity contribution in [1.29, 1.82) is 0 Å². The first-order chi connectivity index (χ1) is 14.4. The normalized spacial score (nSPS) is 15.0. The molecule has 0 aromatic heterocycles. The van der Waals surface area contributed by atoms with Crippen LogP contribution in [0, 0.1) is 11.6 Å². The Hall–Kier alpha value is -2.84. The van der Waals surface area contributed by atoms with Crippen LogP contribution in [0.1, 0.15) is 34.3 Å². The molecule has 3 rings (SSSR count). The van der Waals surface area contributed by atoms with Gasteiger partial charge in [0.25, 0.3) is 5.91 Å². The van der Waals surface area contributed by atoms with Crippen LogP contribution in [0.4, 0.5) is 8.78 Å². The second-order valence-electron chi connectivity index (χ2n) is 7.41. The summed E-state index contributed by atoms with van der Waals surface area (Å²) in [7, 11) is 0. The van der Waals surface area contributed by atoms with Gasteiger partial charge in [0.05, 0.1) is 18.2 Å². The summed E-state index contributed by atoms with van der Waals surface area (Å²) < 4.78 is 26.5. The molecule has 0 bridgehead atoms. The summed E-state index contributed by atoms with van der Waals surface area (Å²) in [5.41, 5.74) is 1.76. The largest absolute Gasteiger partial charge is 0.393 e. The van der Waals surface area contributed by atoms with Crippen molar-refractivity contribution in [1.82, 2.24) is 15.5 Å². The number of likely N-dealkylation sites (tertiary alicyclic amines) is 1. The minimum Gasteiger partial charge on any atom is -0.393 e. The quantitative estimate of drug-likeness (QED) is 0.644. The van der Waals surface area contributed by atoms with Crippen LogP contribution in [-0.4, -0.2) is 47.6 Å². The molecule has 6 nitrogen and oxygen atoms in total. The van der Waals surface area contributed by atoms with Crippen LogP contribution in [0.25, 0.3) is 0 Å². The van der Waals surface area contributed by atoms with Gasteiger partial charge < -0.3 is 15.7 Å². The van der Waals surface area contributed by atoms with Crippen LogP contribution in [0.15, 0.2) is 42.5 Å². The van der Waals surface area contributed by atoms with E-state index in [4.69, 9.17) is 0 Å². The standard InChI is InChI=1S/C22H25F2N3O3/c23-17-5-6-19(20(24)11-17)22(30)26-13-21(29)25-12-15-1-3-16(4-2-15)14-27-9-7-18(28)8-10-27/h1-6,11,18,28H,7-10,12-14H2,(H,25,29)(H,26,30). The van der Waals surface area contributed by atoms with E-state index in [9.17, 15) is 23.5 Å². The first-order valence-electron chi connectivity index (χ1n) is 9.89. The second-order valence-corrected chi connectivity index (χ2v) is 7.41. The molecular formula is C22H25F2N3O3. The minimum atomic E-state index is -0.978. The highest BCUT2D eigenvalue weighted by molar-refractivity contribution is 5.96. The first kappa shape index (κ1) is 21.9. The van der Waals surface area contributed by atoms with Gasteiger partial charge in [0.15, 0.2) is 0 Å². The number of amides is 2. The van der Waals surface area contributed by atoms with Crippen molar-refractivity contribution in [2.24, 2.45) is 0 Å². The molecule has 2 aromatic rings. The van der Waals surface area contributed by atoms with E-state index >= 15 is 0 Å². The molecule has 0 aliphatic carbocycles. The summed E-state index contributed by atoms with van der Waals surface area (Å²) in [5.74, 6) is -2.95. The van der Waals surface area contributed by atoms with E-state index in [0.29, 0.717) is 12.6 Å². The monoisotopic (exact) mass is 417 g/mol. The van der Waals surface area contributed by atoms with Gasteiger partial charge in [0.1, 0.15) is 11.6 Å². The Morgan fingerprint density at radius 2 is 1.67 bits per heavy atom. The van der Waals surface area contributed by atoms with E-state index in [-0.39, 0.29) is 18.2 Å². The van der Waals surface area contributed by atoms with Crippen molar-refractivity contribution >= 4 is 11.8 Å². The van der Waals surface area contributed by atoms with Gasteiger partial charge in [-0.15, -0.1) is 0 Å². The van der Waals surface area contributed by atoms with E-state index in [0.717, 1.165) is 55.7 Å². The predicted molar refractivity (Wildman–Crippen MR) is 107 cm³/mol. The van der Waals surface area contributed by atoms with Crippen LogP contribution in [0.5, 0.6) is 0 Å². The first-order valence-corrected chi connectivity index (χ1v) is 9.89. The highest BCUT2D eigenvalue weighted by Crippen LogP contribution is 2.14. The third kappa shape index (κ3) is 6.33.